The van der Waals surface area contributed by atoms with Crippen molar-refractivity contribution in [1.82, 2.24) is 26.6 Å². The second-order valence-corrected chi connectivity index (χ2v) is 13.4. The number of hydrogen-bond acceptors (Lipinski definition) is 15. The minimum Gasteiger partial charge on any atom is -0.381 e. The molecule has 1 aromatic rings. The van der Waals surface area contributed by atoms with Crippen LogP contribution in [0.1, 0.15) is 44.6 Å². The lowest BCUT2D eigenvalue weighted by atomic mass is 10.1. The number of carbonyl (C=O) groups excluding carboxylic acids is 6. The van der Waals surface area contributed by atoms with Gasteiger partial charge in [0.2, 0.25) is 29.5 Å². The number of hydrogen-bond donors (Lipinski definition) is 5. The number of benzene rings is 1. The van der Waals surface area contributed by atoms with Gasteiger partial charge in [-0.25, -0.2) is 4.79 Å². The molecule has 0 saturated carbocycles. The first-order valence-electron chi connectivity index (χ1n) is 21.0. The largest absolute Gasteiger partial charge is 0.381 e. The van der Waals surface area contributed by atoms with Gasteiger partial charge in [-0.1, -0.05) is 36.8 Å². The Morgan fingerprint density at radius 1 is 0.532 bits per heavy atom. The lowest BCUT2D eigenvalue weighted by Gasteiger charge is -2.10. The van der Waals surface area contributed by atoms with E-state index in [0.29, 0.717) is 112 Å². The third-order valence-corrected chi connectivity index (χ3v) is 8.21. The summed E-state index contributed by atoms with van der Waals surface area (Å²) in [4.78, 5) is 70.6. The Hall–Kier alpha value is -4.34. The highest BCUT2D eigenvalue weighted by Gasteiger charge is 2.11. The number of rotatable bonds is 42. The highest BCUT2D eigenvalue weighted by atomic mass is 16.6. The fourth-order valence-corrected chi connectivity index (χ4v) is 4.88. The van der Waals surface area contributed by atoms with Crippen LogP contribution in [0.25, 0.3) is 0 Å². The van der Waals surface area contributed by atoms with Crippen molar-refractivity contribution in [3.8, 4) is 0 Å². The van der Waals surface area contributed by atoms with Crippen molar-refractivity contribution in [2.24, 2.45) is 0 Å². The summed E-state index contributed by atoms with van der Waals surface area (Å²) in [6, 6.07) is 9.06. The molecule has 0 radical (unpaired) electrons. The molecular formula is C42H69N5O15. The van der Waals surface area contributed by atoms with Crippen LogP contribution in [0.5, 0.6) is 0 Å². The number of ether oxygens (including phenoxy) is 9. The van der Waals surface area contributed by atoms with Crippen molar-refractivity contribution in [3.63, 3.8) is 0 Å². The number of carbonyl (C=O) groups is 5. The molecule has 1 rings (SSSR count). The van der Waals surface area contributed by atoms with Crippen LogP contribution in [0, 0.1) is 0 Å². The normalized spacial score (nSPS) is 11.3. The molecular weight excluding hydrogens is 814 g/mol. The van der Waals surface area contributed by atoms with Crippen molar-refractivity contribution in [2.75, 3.05) is 139 Å². The van der Waals surface area contributed by atoms with Gasteiger partial charge in [-0.2, -0.15) is 0 Å². The van der Waals surface area contributed by atoms with Crippen LogP contribution < -0.4 is 26.6 Å². The van der Waals surface area contributed by atoms with Crippen LogP contribution >= 0.6 is 0 Å². The predicted molar refractivity (Wildman–Crippen MR) is 226 cm³/mol. The van der Waals surface area contributed by atoms with Gasteiger partial charge in [0.1, 0.15) is 18.2 Å². The summed E-state index contributed by atoms with van der Waals surface area (Å²) in [6.07, 6.45) is 3.35. The number of nitrogens with one attached hydrogen (secondary N) is 5. The van der Waals surface area contributed by atoms with Crippen LogP contribution in [0.2, 0.25) is 0 Å². The summed E-state index contributed by atoms with van der Waals surface area (Å²) in [7, 11) is 1.58. The van der Waals surface area contributed by atoms with Gasteiger partial charge in [0.15, 0.2) is 0 Å². The molecule has 20 nitrogen and oxygen atoms in total. The molecule has 0 bridgehead atoms. The fourth-order valence-electron chi connectivity index (χ4n) is 4.88. The van der Waals surface area contributed by atoms with Gasteiger partial charge in [-0.3, -0.25) is 24.0 Å². The summed E-state index contributed by atoms with van der Waals surface area (Å²) >= 11 is 0. The number of methoxy groups -OCH3 is 1. The zero-order valence-corrected chi connectivity index (χ0v) is 36.5. The minimum atomic E-state index is -0.590. The maximum Gasteiger partial charge on any atom is 0.246 e. The molecule has 0 aliphatic rings. The standard InChI is InChI=1S/C42H69N5O15/c1-35(54-2)29-39(50)43-12-8-4-7-11-38(49)44-13-14-55-15-16-56-17-18-57-19-20-58-21-22-59-23-24-60-25-26-61-27-28-62-34-42(53)46-31-40(51)45-32-41(52)47-37(33-48)30-36-9-5-3-6-10-36/h3,5-6,9-10,35H,4,7-8,11-32,34H2,1-2H3,(H,43,50)(H,44,49)(H,45,51)(H,46,53)(H,47,52). The van der Waals surface area contributed by atoms with Crippen molar-refractivity contribution in [3.05, 3.63) is 41.6 Å². The quantitative estimate of drug-likeness (QED) is 0.0416. The molecule has 0 aliphatic heterocycles. The van der Waals surface area contributed by atoms with Gasteiger partial charge in [0, 0.05) is 33.0 Å². The summed E-state index contributed by atoms with van der Waals surface area (Å²) in [5.74, 6) is -0.0205. The maximum absolute atomic E-state index is 12.0. The van der Waals surface area contributed by atoms with Crippen LogP contribution in [-0.2, 0) is 77.8 Å². The zero-order valence-electron chi connectivity index (χ0n) is 36.5. The average molecular weight is 884 g/mol. The molecule has 62 heavy (non-hydrogen) atoms. The molecule has 5 amide bonds. The Morgan fingerprint density at radius 2 is 1.02 bits per heavy atom. The molecule has 1 aromatic carbocycles. The van der Waals surface area contributed by atoms with Crippen molar-refractivity contribution in [1.29, 1.82) is 0 Å². The molecule has 0 fully saturated rings. The van der Waals surface area contributed by atoms with Gasteiger partial charge in [-0.15, -0.1) is 0 Å². The highest BCUT2D eigenvalue weighted by Crippen LogP contribution is 2.03. The van der Waals surface area contributed by atoms with E-state index < -0.39 is 17.7 Å². The Kier molecular flexibility index (Phi) is 36.6. The van der Waals surface area contributed by atoms with E-state index in [1.165, 1.54) is 0 Å². The van der Waals surface area contributed by atoms with Crippen molar-refractivity contribution < 1.29 is 71.4 Å². The first-order valence-corrected chi connectivity index (χ1v) is 21.0. The molecule has 0 aliphatic carbocycles. The topological polar surface area (TPSA) is 246 Å². The van der Waals surface area contributed by atoms with E-state index in [1.54, 1.807) is 25.2 Å². The highest BCUT2D eigenvalue weighted by molar-refractivity contribution is 5.89. The summed E-state index contributed by atoms with van der Waals surface area (Å²) in [5.41, 5.74) is 0.871. The summed E-state index contributed by atoms with van der Waals surface area (Å²) in [5, 5.41) is 12.9. The summed E-state index contributed by atoms with van der Waals surface area (Å²) < 4.78 is 48.5. The Labute approximate surface area is 365 Å². The van der Waals surface area contributed by atoms with Crippen LogP contribution in [0.15, 0.2) is 36.0 Å². The third-order valence-electron chi connectivity index (χ3n) is 8.21. The second kappa shape index (κ2) is 40.7. The molecule has 20 heteroatoms. The van der Waals surface area contributed by atoms with Gasteiger partial charge in [0.25, 0.3) is 0 Å². The number of amides is 5. The molecule has 0 aromatic heterocycles. The predicted octanol–water partition coefficient (Wildman–Crippen LogP) is -0.356. The van der Waals surface area contributed by atoms with Crippen LogP contribution in [0.4, 0.5) is 0 Å². The van der Waals surface area contributed by atoms with E-state index in [9.17, 15) is 28.8 Å². The van der Waals surface area contributed by atoms with Crippen molar-refractivity contribution >= 4 is 35.5 Å². The van der Waals surface area contributed by atoms with E-state index in [0.717, 1.165) is 24.8 Å². The Bertz CT molecular complexity index is 1390. The van der Waals surface area contributed by atoms with Crippen LogP contribution in [0.3, 0.4) is 0 Å². The molecule has 1 unspecified atom stereocenters. The molecule has 0 spiro atoms. The Morgan fingerprint density at radius 3 is 1.55 bits per heavy atom. The number of unbranched alkanes of at least 4 members (excludes halogenated alkanes) is 2. The lowest BCUT2D eigenvalue weighted by molar-refractivity contribution is -0.130. The average Bonchev–Trinajstić information content (AvgIpc) is 3.27. The van der Waals surface area contributed by atoms with E-state index in [2.05, 4.69) is 26.6 Å². The second-order valence-electron chi connectivity index (χ2n) is 13.4. The van der Waals surface area contributed by atoms with Crippen LogP contribution in [-0.4, -0.2) is 181 Å². The van der Waals surface area contributed by atoms with E-state index in [1.807, 2.05) is 25.1 Å². The van der Waals surface area contributed by atoms with Crippen molar-refractivity contribution in [2.45, 2.75) is 51.6 Å². The van der Waals surface area contributed by atoms with E-state index >= 15 is 0 Å². The van der Waals surface area contributed by atoms with E-state index in [4.69, 9.17) is 42.6 Å². The first-order chi connectivity index (χ1) is 30.2. The molecule has 0 saturated heterocycles. The Balaban J connectivity index is 1.76. The third kappa shape index (κ3) is 36.3. The maximum atomic E-state index is 12.0. The first kappa shape index (κ1) is 55.7. The molecule has 352 valence electrons. The fraction of sp³-hybridized carbons (Fsp3) is 0.690. The summed E-state index contributed by atoms with van der Waals surface area (Å²) in [6.45, 7) is 7.71. The molecule has 1 atom stereocenters. The van der Waals surface area contributed by atoms with E-state index in [-0.39, 0.29) is 62.9 Å². The monoisotopic (exact) mass is 883 g/mol. The smallest absolute Gasteiger partial charge is 0.246 e. The molecule has 5 N–H and O–H groups in total. The SMILES string of the molecule is COC(C)CC(=O)NCCCCCC(=O)NCCOCCOCCOCCOCCOCCOCCOCCOCC(=O)NCC(=O)NCC(=O)NC(=C=O)Cc1ccccc1. The minimum absolute atomic E-state index is 0.0109. The zero-order chi connectivity index (χ0) is 45.1. The van der Waals surface area contributed by atoms with Gasteiger partial charge in [-0.05, 0) is 25.3 Å². The molecule has 0 heterocycles. The van der Waals surface area contributed by atoms with Gasteiger partial charge < -0.3 is 69.2 Å². The van der Waals surface area contributed by atoms with Gasteiger partial charge in [0.05, 0.1) is 125 Å². The number of allylic oxidation sites excluding steroid dienone is 1. The van der Waals surface area contributed by atoms with Gasteiger partial charge >= 0.3 is 0 Å². The lowest BCUT2D eigenvalue weighted by Crippen LogP contribution is -2.42.